The normalized spacial score (nSPS) is 20.3. The van der Waals surface area contributed by atoms with Gasteiger partial charge in [0, 0.05) is 5.92 Å². The molecule has 82 valence electrons. The van der Waals surface area contributed by atoms with E-state index in [2.05, 4.69) is 33.4 Å². The molecule has 0 aromatic heterocycles. The first-order chi connectivity index (χ1) is 6.84. The maximum absolute atomic E-state index is 10.8. The summed E-state index contributed by atoms with van der Waals surface area (Å²) in [4.78, 5) is 10.8. The van der Waals surface area contributed by atoms with Gasteiger partial charge in [-0.3, -0.25) is 4.79 Å². The van der Waals surface area contributed by atoms with E-state index in [0.29, 0.717) is 5.92 Å². The van der Waals surface area contributed by atoms with E-state index in [1.54, 1.807) is 13.0 Å². The second kappa shape index (κ2) is 4.18. The molecule has 0 aromatic carbocycles. The molecular weight excluding hydrogens is 184 g/mol. The Hall–Kier alpha value is -1.11. The average Bonchev–Trinajstić information content (AvgIpc) is 2.80. The van der Waals surface area contributed by atoms with Crippen molar-refractivity contribution < 1.29 is 4.79 Å². The molecule has 1 rings (SSSR count). The molecule has 0 aromatic rings. The topological polar surface area (TPSA) is 17.1 Å². The zero-order valence-electron chi connectivity index (χ0n) is 10.1. The quantitative estimate of drug-likeness (QED) is 0.493. The Morgan fingerprint density at radius 2 is 2.13 bits per heavy atom. The van der Waals surface area contributed by atoms with Crippen molar-refractivity contribution in [3.05, 3.63) is 36.0 Å². The Kier molecular flexibility index (Phi) is 3.33. The van der Waals surface area contributed by atoms with Gasteiger partial charge in [-0.05, 0) is 31.8 Å². The average molecular weight is 204 g/mol. The number of ketones is 1. The molecule has 0 N–H and O–H groups in total. The van der Waals surface area contributed by atoms with E-state index < -0.39 is 0 Å². The van der Waals surface area contributed by atoms with E-state index >= 15 is 0 Å². The third kappa shape index (κ3) is 3.19. The van der Waals surface area contributed by atoms with Crippen LogP contribution in [-0.4, -0.2) is 5.78 Å². The van der Waals surface area contributed by atoms with Crippen LogP contribution in [0.4, 0.5) is 0 Å². The van der Waals surface area contributed by atoms with E-state index in [9.17, 15) is 4.79 Å². The zero-order valence-corrected chi connectivity index (χ0v) is 10.1. The lowest BCUT2D eigenvalue weighted by Gasteiger charge is -2.21. The summed E-state index contributed by atoms with van der Waals surface area (Å²) in [7, 11) is 0. The monoisotopic (exact) mass is 204 g/mol. The molecule has 0 radical (unpaired) electrons. The van der Waals surface area contributed by atoms with Crippen molar-refractivity contribution in [2.75, 3.05) is 0 Å². The smallest absolute Gasteiger partial charge is 0.152 e. The van der Waals surface area contributed by atoms with Crippen LogP contribution in [0.3, 0.4) is 0 Å². The summed E-state index contributed by atoms with van der Waals surface area (Å²) in [5.74, 6) is 0.623. The summed E-state index contributed by atoms with van der Waals surface area (Å²) in [6.45, 7) is 12.0. The SMILES string of the molecule is C=C(C)C1C=C1C(C)(C)C/C=C/C(C)=O. The van der Waals surface area contributed by atoms with Gasteiger partial charge >= 0.3 is 0 Å². The Labute approximate surface area is 92.6 Å². The third-order valence-corrected chi connectivity index (χ3v) is 2.87. The second-order valence-electron chi connectivity index (χ2n) is 5.05. The highest BCUT2D eigenvalue weighted by Crippen LogP contribution is 2.48. The predicted octanol–water partition coefficient (Wildman–Crippen LogP) is 3.68. The van der Waals surface area contributed by atoms with Crippen LogP contribution in [0.25, 0.3) is 0 Å². The number of carbonyl (C=O) groups is 1. The minimum absolute atomic E-state index is 0.118. The van der Waals surface area contributed by atoms with Gasteiger partial charge in [-0.1, -0.05) is 43.7 Å². The number of rotatable bonds is 5. The van der Waals surface area contributed by atoms with Crippen LogP contribution in [0.5, 0.6) is 0 Å². The first-order valence-corrected chi connectivity index (χ1v) is 5.39. The van der Waals surface area contributed by atoms with Gasteiger partial charge in [0.2, 0.25) is 0 Å². The molecule has 1 atom stereocenters. The Morgan fingerprint density at radius 3 is 2.53 bits per heavy atom. The van der Waals surface area contributed by atoms with E-state index in [4.69, 9.17) is 0 Å². The number of carbonyl (C=O) groups excluding carboxylic acids is 1. The summed E-state index contributed by atoms with van der Waals surface area (Å²) in [5.41, 5.74) is 2.84. The highest BCUT2D eigenvalue weighted by Gasteiger charge is 2.36. The summed E-state index contributed by atoms with van der Waals surface area (Å²) in [6.07, 6.45) is 6.81. The van der Waals surface area contributed by atoms with Crippen LogP contribution in [0, 0.1) is 11.3 Å². The van der Waals surface area contributed by atoms with Crippen LogP contribution in [-0.2, 0) is 4.79 Å². The maximum atomic E-state index is 10.8. The Morgan fingerprint density at radius 1 is 1.53 bits per heavy atom. The van der Waals surface area contributed by atoms with E-state index in [1.807, 2.05) is 6.08 Å². The molecule has 0 fully saturated rings. The third-order valence-electron chi connectivity index (χ3n) is 2.87. The van der Waals surface area contributed by atoms with Crippen LogP contribution in [0.2, 0.25) is 0 Å². The van der Waals surface area contributed by atoms with Crippen LogP contribution < -0.4 is 0 Å². The largest absolute Gasteiger partial charge is 0.295 e. The van der Waals surface area contributed by atoms with Gasteiger partial charge in [0.15, 0.2) is 5.78 Å². The molecule has 1 aliphatic carbocycles. The lowest BCUT2D eigenvalue weighted by Crippen LogP contribution is -2.10. The molecule has 0 saturated heterocycles. The fraction of sp³-hybridized carbons (Fsp3) is 0.500. The van der Waals surface area contributed by atoms with Crippen molar-refractivity contribution in [2.24, 2.45) is 11.3 Å². The fourth-order valence-electron chi connectivity index (χ4n) is 1.82. The van der Waals surface area contributed by atoms with Crippen LogP contribution >= 0.6 is 0 Å². The molecule has 15 heavy (non-hydrogen) atoms. The molecule has 0 amide bonds. The van der Waals surface area contributed by atoms with Gasteiger partial charge in [-0.15, -0.1) is 0 Å². The number of allylic oxidation sites excluding steroid dienone is 5. The Bertz CT molecular complexity index is 342. The Balaban J connectivity index is 2.51. The summed E-state index contributed by atoms with van der Waals surface area (Å²) < 4.78 is 0. The highest BCUT2D eigenvalue weighted by molar-refractivity contribution is 5.87. The lowest BCUT2D eigenvalue weighted by molar-refractivity contribution is -0.112. The molecule has 0 aliphatic heterocycles. The fourth-order valence-corrected chi connectivity index (χ4v) is 1.82. The first-order valence-electron chi connectivity index (χ1n) is 5.39. The summed E-state index contributed by atoms with van der Waals surface area (Å²) >= 11 is 0. The van der Waals surface area contributed by atoms with Crippen LogP contribution in [0.1, 0.15) is 34.1 Å². The van der Waals surface area contributed by atoms with E-state index in [1.165, 1.54) is 11.1 Å². The molecule has 0 spiro atoms. The van der Waals surface area contributed by atoms with Gasteiger partial charge < -0.3 is 0 Å². The van der Waals surface area contributed by atoms with Gasteiger partial charge in [-0.25, -0.2) is 0 Å². The molecule has 1 aliphatic rings. The van der Waals surface area contributed by atoms with Gasteiger partial charge in [0.1, 0.15) is 0 Å². The van der Waals surface area contributed by atoms with Gasteiger partial charge in [0.25, 0.3) is 0 Å². The van der Waals surface area contributed by atoms with Crippen molar-refractivity contribution in [2.45, 2.75) is 34.1 Å². The lowest BCUT2D eigenvalue weighted by atomic mass is 9.83. The van der Waals surface area contributed by atoms with Crippen LogP contribution in [0.15, 0.2) is 36.0 Å². The van der Waals surface area contributed by atoms with Crippen molar-refractivity contribution in [3.63, 3.8) is 0 Å². The number of hydrogen-bond acceptors (Lipinski definition) is 1. The molecule has 0 saturated carbocycles. The molecule has 0 heterocycles. The molecule has 1 unspecified atom stereocenters. The van der Waals surface area contributed by atoms with Crippen molar-refractivity contribution in [1.29, 1.82) is 0 Å². The van der Waals surface area contributed by atoms with Gasteiger partial charge in [-0.2, -0.15) is 0 Å². The maximum Gasteiger partial charge on any atom is 0.152 e. The van der Waals surface area contributed by atoms with Crippen molar-refractivity contribution in [3.8, 4) is 0 Å². The van der Waals surface area contributed by atoms with Crippen molar-refractivity contribution >= 4 is 5.78 Å². The van der Waals surface area contributed by atoms with E-state index in [0.717, 1.165) is 6.42 Å². The highest BCUT2D eigenvalue weighted by atomic mass is 16.1. The number of hydrogen-bond donors (Lipinski definition) is 0. The molecule has 0 bridgehead atoms. The minimum atomic E-state index is 0.118. The zero-order chi connectivity index (χ0) is 11.6. The predicted molar refractivity (Wildman–Crippen MR) is 64.6 cm³/mol. The van der Waals surface area contributed by atoms with Gasteiger partial charge in [0.05, 0.1) is 0 Å². The second-order valence-corrected chi connectivity index (χ2v) is 5.05. The minimum Gasteiger partial charge on any atom is -0.295 e. The molecule has 1 heteroatoms. The summed E-state index contributed by atoms with van der Waals surface area (Å²) in [5, 5.41) is 0. The standard InChI is InChI=1S/C14H20O/c1-10(2)12-9-13(12)14(4,5)8-6-7-11(3)15/h6-7,9,12H,1,8H2,2-5H3/b7-6+. The molecular formula is C14H20O. The van der Waals surface area contributed by atoms with Crippen molar-refractivity contribution in [1.82, 2.24) is 0 Å². The first kappa shape index (κ1) is 12.0. The molecule has 1 nitrogen and oxygen atoms in total. The van der Waals surface area contributed by atoms with E-state index in [-0.39, 0.29) is 11.2 Å². The summed E-state index contributed by atoms with van der Waals surface area (Å²) in [6, 6.07) is 0.